The van der Waals surface area contributed by atoms with Gasteiger partial charge in [-0.25, -0.2) is 13.1 Å². The number of hydrogen-bond acceptors (Lipinski definition) is 4. The van der Waals surface area contributed by atoms with E-state index in [2.05, 4.69) is 28.8 Å². The predicted molar refractivity (Wildman–Crippen MR) is 86.2 cm³/mol. The highest BCUT2D eigenvalue weighted by atomic mass is 32.2. The minimum absolute atomic E-state index is 0.336. The van der Waals surface area contributed by atoms with Gasteiger partial charge in [-0.2, -0.15) is 0 Å². The molecule has 0 atom stereocenters. The summed E-state index contributed by atoms with van der Waals surface area (Å²) in [6.07, 6.45) is 2.11. The van der Waals surface area contributed by atoms with Crippen LogP contribution in [0.4, 0.5) is 5.69 Å². The van der Waals surface area contributed by atoms with Crippen molar-refractivity contribution < 1.29 is 8.42 Å². The third-order valence-corrected chi connectivity index (χ3v) is 5.43. The third kappa shape index (κ3) is 4.18. The maximum Gasteiger partial charge on any atom is 0.240 e. The summed E-state index contributed by atoms with van der Waals surface area (Å²) in [6.45, 7) is 6.19. The fourth-order valence-electron chi connectivity index (χ4n) is 2.31. The summed E-state index contributed by atoms with van der Waals surface area (Å²) in [5.41, 5.74) is 2.14. The molecule has 2 rings (SSSR count). The van der Waals surface area contributed by atoms with E-state index in [1.54, 1.807) is 12.1 Å². The van der Waals surface area contributed by atoms with Crippen molar-refractivity contribution in [3.8, 4) is 0 Å². The lowest BCUT2D eigenvalue weighted by Gasteiger charge is -2.21. The van der Waals surface area contributed by atoms with Gasteiger partial charge in [0.05, 0.1) is 4.90 Å². The number of sulfonamides is 1. The first kappa shape index (κ1) is 16.3. The molecule has 1 aliphatic heterocycles. The molecule has 0 amide bonds. The Balaban J connectivity index is 2.02. The van der Waals surface area contributed by atoms with Gasteiger partial charge in [0.25, 0.3) is 0 Å². The predicted octanol–water partition coefficient (Wildman–Crippen LogP) is 1.66. The number of hydrogen-bond donors (Lipinski definition) is 2. The number of aryl methyl sites for hydroxylation is 1. The van der Waals surface area contributed by atoms with Crippen LogP contribution in [0.1, 0.15) is 25.8 Å². The van der Waals surface area contributed by atoms with Crippen molar-refractivity contribution in [3.63, 3.8) is 0 Å². The summed E-state index contributed by atoms with van der Waals surface area (Å²) in [7, 11) is -1.44. The Morgan fingerprint density at radius 3 is 2.86 bits per heavy atom. The Labute approximate surface area is 127 Å². The minimum Gasteiger partial charge on any atom is -0.385 e. The molecular weight excluding hydrogens is 286 g/mol. The fraction of sp³-hybridized carbons (Fsp3) is 0.600. The second-order valence-electron chi connectivity index (χ2n) is 5.82. The molecule has 2 N–H and O–H groups in total. The maximum atomic E-state index is 12.3. The Kier molecular flexibility index (Phi) is 5.24. The molecule has 21 heavy (non-hydrogen) atoms. The highest BCUT2D eigenvalue weighted by Crippen LogP contribution is 2.24. The second kappa shape index (κ2) is 6.77. The molecule has 0 saturated heterocycles. The molecule has 1 aromatic rings. The van der Waals surface area contributed by atoms with E-state index in [1.807, 2.05) is 13.1 Å². The Bertz CT molecular complexity index is 585. The smallest absolute Gasteiger partial charge is 0.240 e. The molecule has 5 nitrogen and oxygen atoms in total. The van der Waals surface area contributed by atoms with Gasteiger partial charge < -0.3 is 10.2 Å². The largest absolute Gasteiger partial charge is 0.385 e. The molecule has 1 aromatic carbocycles. The van der Waals surface area contributed by atoms with Gasteiger partial charge in [-0.15, -0.1) is 0 Å². The average Bonchev–Trinajstić information content (AvgIpc) is 2.46. The van der Waals surface area contributed by atoms with Crippen molar-refractivity contribution in [2.45, 2.75) is 37.6 Å². The first-order valence-electron chi connectivity index (χ1n) is 7.47. The SMILES string of the molecule is CC(C)N(C)CCNS(=O)(=O)c1ccc2c(c1)NCCC2. The standard InChI is InChI=1S/C15H25N3O2S/c1-12(2)18(3)10-9-17-21(19,20)14-7-6-13-5-4-8-16-15(13)11-14/h6-7,11-12,16-17H,4-5,8-10H2,1-3H3. The Morgan fingerprint density at radius 2 is 2.14 bits per heavy atom. The molecule has 0 aromatic heterocycles. The lowest BCUT2D eigenvalue weighted by Crippen LogP contribution is -2.36. The maximum absolute atomic E-state index is 12.3. The van der Waals surface area contributed by atoms with Gasteiger partial charge in [-0.05, 0) is 51.4 Å². The van der Waals surface area contributed by atoms with Gasteiger partial charge in [0, 0.05) is 31.4 Å². The van der Waals surface area contributed by atoms with Gasteiger partial charge >= 0.3 is 0 Å². The quantitative estimate of drug-likeness (QED) is 0.839. The highest BCUT2D eigenvalue weighted by Gasteiger charge is 2.17. The van der Waals surface area contributed by atoms with E-state index in [0.29, 0.717) is 24.0 Å². The minimum atomic E-state index is -3.43. The summed E-state index contributed by atoms with van der Waals surface area (Å²) < 4.78 is 27.3. The van der Waals surface area contributed by atoms with Crippen molar-refractivity contribution in [1.29, 1.82) is 0 Å². The van der Waals surface area contributed by atoms with Crippen LogP contribution in [0.15, 0.2) is 23.1 Å². The van der Waals surface area contributed by atoms with Crippen LogP contribution in [0.3, 0.4) is 0 Å². The van der Waals surface area contributed by atoms with Crippen molar-refractivity contribution in [1.82, 2.24) is 9.62 Å². The van der Waals surface area contributed by atoms with Crippen LogP contribution < -0.4 is 10.0 Å². The van der Waals surface area contributed by atoms with Crippen LogP contribution in [0, 0.1) is 0 Å². The molecule has 6 heteroatoms. The van der Waals surface area contributed by atoms with Crippen LogP contribution in [0.25, 0.3) is 0 Å². The molecule has 1 aliphatic rings. The number of rotatable bonds is 6. The zero-order valence-electron chi connectivity index (χ0n) is 13.0. The molecule has 0 aliphatic carbocycles. The molecule has 0 radical (unpaired) electrons. The first-order valence-corrected chi connectivity index (χ1v) is 8.95. The lowest BCUT2D eigenvalue weighted by molar-refractivity contribution is 0.278. The van der Waals surface area contributed by atoms with E-state index in [4.69, 9.17) is 0 Å². The van der Waals surface area contributed by atoms with Gasteiger partial charge in [0.2, 0.25) is 10.0 Å². The number of benzene rings is 1. The van der Waals surface area contributed by atoms with Crippen molar-refractivity contribution in [2.75, 3.05) is 32.0 Å². The summed E-state index contributed by atoms with van der Waals surface area (Å²) >= 11 is 0. The van der Waals surface area contributed by atoms with Crippen molar-refractivity contribution >= 4 is 15.7 Å². The summed E-state index contributed by atoms with van der Waals surface area (Å²) in [5.74, 6) is 0. The van der Waals surface area contributed by atoms with Crippen LogP contribution in [0.2, 0.25) is 0 Å². The fourth-order valence-corrected chi connectivity index (χ4v) is 3.35. The van der Waals surface area contributed by atoms with Crippen molar-refractivity contribution in [2.24, 2.45) is 0 Å². The zero-order valence-corrected chi connectivity index (χ0v) is 13.8. The van der Waals surface area contributed by atoms with E-state index < -0.39 is 10.0 Å². The number of nitrogens with one attached hydrogen (secondary N) is 2. The van der Waals surface area contributed by atoms with E-state index in [-0.39, 0.29) is 0 Å². The molecule has 0 spiro atoms. The summed E-state index contributed by atoms with van der Waals surface area (Å²) in [6, 6.07) is 5.75. The Morgan fingerprint density at radius 1 is 1.38 bits per heavy atom. The number of likely N-dealkylation sites (N-methyl/N-ethyl adjacent to an activating group) is 1. The molecule has 0 saturated carbocycles. The van der Waals surface area contributed by atoms with E-state index in [1.165, 1.54) is 5.56 Å². The number of nitrogens with zero attached hydrogens (tertiary/aromatic N) is 1. The van der Waals surface area contributed by atoms with Gasteiger partial charge in [-0.3, -0.25) is 0 Å². The average molecular weight is 311 g/mol. The third-order valence-electron chi connectivity index (χ3n) is 3.97. The molecule has 0 bridgehead atoms. The summed E-state index contributed by atoms with van der Waals surface area (Å²) in [5, 5.41) is 3.26. The van der Waals surface area contributed by atoms with Crippen molar-refractivity contribution in [3.05, 3.63) is 23.8 Å². The topological polar surface area (TPSA) is 61.4 Å². The normalized spacial score (nSPS) is 15.1. The van der Waals surface area contributed by atoms with Crippen LogP contribution >= 0.6 is 0 Å². The molecule has 0 fully saturated rings. The second-order valence-corrected chi connectivity index (χ2v) is 7.59. The van der Waals surface area contributed by atoms with E-state index in [0.717, 1.165) is 25.1 Å². The monoisotopic (exact) mass is 311 g/mol. The first-order chi connectivity index (χ1) is 9.90. The van der Waals surface area contributed by atoms with Crippen LogP contribution in [-0.4, -0.2) is 46.0 Å². The van der Waals surface area contributed by atoms with Gasteiger partial charge in [-0.1, -0.05) is 6.07 Å². The van der Waals surface area contributed by atoms with E-state index >= 15 is 0 Å². The highest BCUT2D eigenvalue weighted by molar-refractivity contribution is 7.89. The van der Waals surface area contributed by atoms with Gasteiger partial charge in [0.15, 0.2) is 0 Å². The van der Waals surface area contributed by atoms with Crippen LogP contribution in [-0.2, 0) is 16.4 Å². The molecule has 0 unspecified atom stereocenters. The molecular formula is C15H25N3O2S. The number of anilines is 1. The molecule has 118 valence electrons. The van der Waals surface area contributed by atoms with E-state index in [9.17, 15) is 8.42 Å². The summed E-state index contributed by atoms with van der Waals surface area (Å²) in [4.78, 5) is 2.44. The zero-order chi connectivity index (χ0) is 15.5. The molecule has 1 heterocycles. The Hall–Kier alpha value is -1.11. The lowest BCUT2D eigenvalue weighted by atomic mass is 10.0. The number of fused-ring (bicyclic) bond motifs is 1. The van der Waals surface area contributed by atoms with Gasteiger partial charge in [0.1, 0.15) is 0 Å². The van der Waals surface area contributed by atoms with Crippen LogP contribution in [0.5, 0.6) is 0 Å².